The molecule has 1 heterocycles. The average molecular weight is 281 g/mol. The van der Waals surface area contributed by atoms with Crippen LogP contribution < -0.4 is 10.1 Å². The van der Waals surface area contributed by atoms with E-state index in [-0.39, 0.29) is 12.2 Å². The summed E-state index contributed by atoms with van der Waals surface area (Å²) in [6.45, 7) is 0.372. The van der Waals surface area contributed by atoms with Gasteiger partial charge in [0.2, 0.25) is 5.88 Å². The zero-order valence-corrected chi connectivity index (χ0v) is 12.4. The van der Waals surface area contributed by atoms with Gasteiger partial charge in [0.25, 0.3) is 0 Å². The number of nitrogens with zero attached hydrogens (tertiary/aromatic N) is 2. The number of ether oxygens (including phenoxy) is 3. The fourth-order valence-corrected chi connectivity index (χ4v) is 2.45. The van der Waals surface area contributed by atoms with Crippen molar-refractivity contribution in [3.63, 3.8) is 0 Å². The van der Waals surface area contributed by atoms with Crippen molar-refractivity contribution in [1.29, 1.82) is 0 Å². The van der Waals surface area contributed by atoms with E-state index in [1.807, 2.05) is 13.1 Å². The first-order chi connectivity index (χ1) is 9.75. The minimum Gasteiger partial charge on any atom is -0.474 e. The number of hydrogen-bond donors (Lipinski definition) is 1. The zero-order valence-electron chi connectivity index (χ0n) is 12.4. The van der Waals surface area contributed by atoms with Gasteiger partial charge in [-0.15, -0.1) is 0 Å². The van der Waals surface area contributed by atoms with E-state index >= 15 is 0 Å². The van der Waals surface area contributed by atoms with Gasteiger partial charge in [-0.05, 0) is 19.3 Å². The molecule has 0 radical (unpaired) electrons. The van der Waals surface area contributed by atoms with E-state index in [1.165, 1.54) is 0 Å². The Hall–Kier alpha value is -1.40. The van der Waals surface area contributed by atoms with Gasteiger partial charge in [-0.25, -0.2) is 4.98 Å². The summed E-state index contributed by atoms with van der Waals surface area (Å²) in [4.78, 5) is 8.69. The molecule has 1 N–H and O–H groups in total. The summed E-state index contributed by atoms with van der Waals surface area (Å²) in [7, 11) is 5.21. The van der Waals surface area contributed by atoms with Crippen LogP contribution in [0, 0.1) is 0 Å². The third-order valence-corrected chi connectivity index (χ3v) is 3.48. The molecular formula is C14H23N3O3. The van der Waals surface area contributed by atoms with Gasteiger partial charge in [0.05, 0.1) is 6.10 Å². The van der Waals surface area contributed by atoms with Gasteiger partial charge in [0.1, 0.15) is 18.5 Å². The number of nitrogens with one attached hydrogen (secondary N) is 1. The van der Waals surface area contributed by atoms with Crippen molar-refractivity contribution < 1.29 is 14.2 Å². The topological polar surface area (TPSA) is 65.5 Å². The molecule has 6 heteroatoms. The number of hydrogen-bond acceptors (Lipinski definition) is 6. The highest BCUT2D eigenvalue weighted by atomic mass is 16.5. The predicted molar refractivity (Wildman–Crippen MR) is 76.0 cm³/mol. The molecular weight excluding hydrogens is 258 g/mol. The Morgan fingerprint density at radius 1 is 1.25 bits per heavy atom. The van der Waals surface area contributed by atoms with Crippen LogP contribution in [0.15, 0.2) is 6.07 Å². The second kappa shape index (κ2) is 7.40. The fraction of sp³-hybridized carbons (Fsp3) is 0.714. The van der Waals surface area contributed by atoms with Crippen LogP contribution in [0.1, 0.15) is 31.5 Å². The Balaban J connectivity index is 2.05. The van der Waals surface area contributed by atoms with E-state index in [2.05, 4.69) is 15.3 Å². The zero-order chi connectivity index (χ0) is 14.4. The van der Waals surface area contributed by atoms with Gasteiger partial charge in [0.15, 0.2) is 5.82 Å². The SMILES string of the molecule is CNc1cc(OC2CCCC(OC)C2)nc(COC)n1. The molecule has 2 atom stereocenters. The van der Waals surface area contributed by atoms with E-state index in [0.717, 1.165) is 31.5 Å². The highest BCUT2D eigenvalue weighted by Crippen LogP contribution is 2.25. The number of methoxy groups -OCH3 is 2. The van der Waals surface area contributed by atoms with Crippen LogP contribution in [0.2, 0.25) is 0 Å². The van der Waals surface area contributed by atoms with Crippen LogP contribution in [0.5, 0.6) is 5.88 Å². The maximum absolute atomic E-state index is 5.99. The minimum absolute atomic E-state index is 0.156. The molecule has 0 amide bonds. The molecule has 0 bridgehead atoms. The highest BCUT2D eigenvalue weighted by molar-refractivity contribution is 5.37. The lowest BCUT2D eigenvalue weighted by Crippen LogP contribution is -2.29. The minimum atomic E-state index is 0.156. The summed E-state index contributed by atoms with van der Waals surface area (Å²) in [5, 5.41) is 3.01. The first-order valence-electron chi connectivity index (χ1n) is 6.99. The predicted octanol–water partition coefficient (Wildman–Crippen LogP) is 2.00. The first kappa shape index (κ1) is 15.0. The largest absolute Gasteiger partial charge is 0.474 e. The van der Waals surface area contributed by atoms with Crippen molar-refractivity contribution >= 4 is 5.82 Å². The standard InChI is InChI=1S/C14H23N3O3/c1-15-12-8-14(17-13(16-12)9-18-2)20-11-6-4-5-10(7-11)19-3/h8,10-11H,4-7,9H2,1-3H3,(H,15,16,17). The van der Waals surface area contributed by atoms with Gasteiger partial charge in [-0.3, -0.25) is 0 Å². The second-order valence-electron chi connectivity index (χ2n) is 4.95. The smallest absolute Gasteiger partial charge is 0.219 e. The van der Waals surface area contributed by atoms with Gasteiger partial charge in [-0.1, -0.05) is 0 Å². The van der Waals surface area contributed by atoms with E-state index in [0.29, 0.717) is 18.3 Å². The van der Waals surface area contributed by atoms with Crippen LogP contribution in [0.4, 0.5) is 5.82 Å². The van der Waals surface area contributed by atoms with E-state index in [4.69, 9.17) is 14.2 Å². The third kappa shape index (κ3) is 4.05. The molecule has 112 valence electrons. The lowest BCUT2D eigenvalue weighted by atomic mass is 9.95. The van der Waals surface area contributed by atoms with Crippen molar-refractivity contribution in [2.45, 2.75) is 44.5 Å². The molecule has 2 rings (SSSR count). The summed E-state index contributed by atoms with van der Waals surface area (Å²) >= 11 is 0. The molecule has 1 fully saturated rings. The molecule has 1 aliphatic carbocycles. The Kier molecular flexibility index (Phi) is 5.55. The molecule has 2 unspecified atom stereocenters. The van der Waals surface area contributed by atoms with Crippen LogP contribution >= 0.6 is 0 Å². The average Bonchev–Trinajstić information content (AvgIpc) is 2.47. The number of rotatable bonds is 6. The van der Waals surface area contributed by atoms with Gasteiger partial charge in [-0.2, -0.15) is 4.98 Å². The third-order valence-electron chi connectivity index (χ3n) is 3.48. The maximum atomic E-state index is 5.99. The summed E-state index contributed by atoms with van der Waals surface area (Å²) in [6.07, 6.45) is 4.63. The molecule has 20 heavy (non-hydrogen) atoms. The van der Waals surface area contributed by atoms with Gasteiger partial charge < -0.3 is 19.5 Å². The maximum Gasteiger partial charge on any atom is 0.219 e. The van der Waals surface area contributed by atoms with E-state index < -0.39 is 0 Å². The number of aromatic nitrogens is 2. The molecule has 1 aromatic heterocycles. The molecule has 0 aromatic carbocycles. The number of anilines is 1. The summed E-state index contributed by atoms with van der Waals surface area (Å²) in [5.41, 5.74) is 0. The highest BCUT2D eigenvalue weighted by Gasteiger charge is 2.23. The van der Waals surface area contributed by atoms with E-state index in [1.54, 1.807) is 14.2 Å². The summed E-state index contributed by atoms with van der Waals surface area (Å²) in [5.74, 6) is 1.95. The molecule has 1 aromatic rings. The Labute approximate surface area is 119 Å². The second-order valence-corrected chi connectivity index (χ2v) is 4.95. The van der Waals surface area contributed by atoms with Crippen LogP contribution in [0.25, 0.3) is 0 Å². The summed E-state index contributed by atoms with van der Waals surface area (Å²) < 4.78 is 16.5. The molecule has 1 aliphatic rings. The fourth-order valence-electron chi connectivity index (χ4n) is 2.45. The van der Waals surface area contributed by atoms with Gasteiger partial charge >= 0.3 is 0 Å². The van der Waals surface area contributed by atoms with Crippen LogP contribution in [-0.2, 0) is 16.1 Å². The Morgan fingerprint density at radius 2 is 2.05 bits per heavy atom. The van der Waals surface area contributed by atoms with Crippen LogP contribution in [0.3, 0.4) is 0 Å². The molecule has 0 aliphatic heterocycles. The van der Waals surface area contributed by atoms with Crippen molar-refractivity contribution in [2.75, 3.05) is 26.6 Å². The van der Waals surface area contributed by atoms with Crippen molar-refractivity contribution in [3.8, 4) is 5.88 Å². The quantitative estimate of drug-likeness (QED) is 0.860. The van der Waals surface area contributed by atoms with Crippen molar-refractivity contribution in [1.82, 2.24) is 9.97 Å². The van der Waals surface area contributed by atoms with E-state index in [9.17, 15) is 0 Å². The van der Waals surface area contributed by atoms with Crippen molar-refractivity contribution in [2.24, 2.45) is 0 Å². The van der Waals surface area contributed by atoms with Crippen LogP contribution in [-0.4, -0.2) is 43.4 Å². The molecule has 1 saturated carbocycles. The lowest BCUT2D eigenvalue weighted by molar-refractivity contribution is 0.0193. The Morgan fingerprint density at radius 3 is 2.75 bits per heavy atom. The first-order valence-corrected chi connectivity index (χ1v) is 6.99. The molecule has 0 spiro atoms. The molecule has 0 saturated heterocycles. The Bertz CT molecular complexity index is 428. The molecule has 6 nitrogen and oxygen atoms in total. The summed E-state index contributed by atoms with van der Waals surface area (Å²) in [6, 6.07) is 1.82. The normalized spacial score (nSPS) is 22.6. The monoisotopic (exact) mass is 281 g/mol. The van der Waals surface area contributed by atoms with Gasteiger partial charge in [0, 0.05) is 33.8 Å². The van der Waals surface area contributed by atoms with Crippen molar-refractivity contribution in [3.05, 3.63) is 11.9 Å². The lowest BCUT2D eigenvalue weighted by Gasteiger charge is -2.28.